The minimum Gasteiger partial charge on any atom is -0.335 e. The van der Waals surface area contributed by atoms with E-state index < -0.39 is 0 Å². The van der Waals surface area contributed by atoms with Crippen molar-refractivity contribution in [1.82, 2.24) is 19.7 Å². The van der Waals surface area contributed by atoms with Crippen molar-refractivity contribution < 1.29 is 4.79 Å². The first-order valence-corrected chi connectivity index (χ1v) is 8.28. The van der Waals surface area contributed by atoms with Gasteiger partial charge in [0.15, 0.2) is 5.65 Å². The molecular formula is C19H20N4O. The molecule has 0 spiro atoms. The van der Waals surface area contributed by atoms with Crippen molar-refractivity contribution in [2.75, 3.05) is 6.54 Å². The minimum atomic E-state index is 0.0693. The molecule has 1 fully saturated rings. The zero-order chi connectivity index (χ0) is 16.7. The number of aromatic nitrogens is 3. The summed E-state index contributed by atoms with van der Waals surface area (Å²) in [6.45, 7) is 2.76. The Morgan fingerprint density at radius 2 is 2.08 bits per heavy atom. The first-order valence-electron chi connectivity index (χ1n) is 8.28. The van der Waals surface area contributed by atoms with Crippen LogP contribution in [0.25, 0.3) is 11.0 Å². The van der Waals surface area contributed by atoms with E-state index in [-0.39, 0.29) is 11.9 Å². The lowest BCUT2D eigenvalue weighted by atomic mass is 9.94. The number of carbonyl (C=O) groups excluding carboxylic acids is 1. The normalized spacial score (nSPS) is 17.1. The standard InChI is InChI=1S/C19H20N4O/c1-13-17-11-15(12-20-18(17)22(2)21-13)19(24)23-9-8-16(23)10-14-6-4-3-5-7-14/h3-7,11-12,16H,8-10H2,1-2H3. The molecule has 1 amide bonds. The predicted molar refractivity (Wildman–Crippen MR) is 92.8 cm³/mol. The Hall–Kier alpha value is -2.69. The highest BCUT2D eigenvalue weighted by Gasteiger charge is 2.33. The molecule has 1 atom stereocenters. The molecule has 1 aromatic carbocycles. The lowest BCUT2D eigenvalue weighted by Crippen LogP contribution is -2.52. The van der Waals surface area contributed by atoms with Crippen molar-refractivity contribution in [3.8, 4) is 0 Å². The molecule has 1 saturated heterocycles. The summed E-state index contributed by atoms with van der Waals surface area (Å²) in [7, 11) is 1.87. The van der Waals surface area contributed by atoms with Gasteiger partial charge in [-0.3, -0.25) is 9.48 Å². The van der Waals surface area contributed by atoms with E-state index in [1.807, 2.05) is 43.1 Å². The van der Waals surface area contributed by atoms with Crippen molar-refractivity contribution >= 4 is 16.9 Å². The Labute approximate surface area is 140 Å². The van der Waals surface area contributed by atoms with Crippen LogP contribution < -0.4 is 0 Å². The molecule has 1 unspecified atom stereocenters. The summed E-state index contributed by atoms with van der Waals surface area (Å²) < 4.78 is 1.75. The van der Waals surface area contributed by atoms with Crippen LogP contribution in [0.5, 0.6) is 0 Å². The van der Waals surface area contributed by atoms with Gasteiger partial charge in [-0.1, -0.05) is 30.3 Å². The highest BCUT2D eigenvalue weighted by molar-refractivity contribution is 5.97. The van der Waals surface area contributed by atoms with E-state index in [1.165, 1.54) is 5.56 Å². The molecule has 4 rings (SSSR count). The summed E-state index contributed by atoms with van der Waals surface area (Å²) in [5, 5.41) is 5.32. The fourth-order valence-corrected chi connectivity index (χ4v) is 3.40. The molecule has 24 heavy (non-hydrogen) atoms. The Kier molecular flexibility index (Phi) is 3.56. The first kappa shape index (κ1) is 14.9. The fourth-order valence-electron chi connectivity index (χ4n) is 3.40. The van der Waals surface area contributed by atoms with Gasteiger partial charge in [0.2, 0.25) is 0 Å². The van der Waals surface area contributed by atoms with Gasteiger partial charge in [-0.15, -0.1) is 0 Å². The molecule has 1 aliphatic heterocycles. The number of fused-ring (bicyclic) bond motifs is 1. The number of pyridine rings is 1. The SMILES string of the molecule is Cc1nn(C)c2ncc(C(=O)N3CCC3Cc3ccccc3)cc12. The molecule has 5 heteroatoms. The van der Waals surface area contributed by atoms with E-state index in [1.54, 1.807) is 10.9 Å². The van der Waals surface area contributed by atoms with Gasteiger partial charge in [-0.2, -0.15) is 5.10 Å². The summed E-state index contributed by atoms with van der Waals surface area (Å²) in [5.41, 5.74) is 3.64. The molecular weight excluding hydrogens is 300 g/mol. The summed E-state index contributed by atoms with van der Waals surface area (Å²) >= 11 is 0. The number of carbonyl (C=O) groups is 1. The second-order valence-electron chi connectivity index (χ2n) is 6.43. The third-order valence-electron chi connectivity index (χ3n) is 4.83. The Morgan fingerprint density at radius 1 is 1.29 bits per heavy atom. The molecule has 3 aromatic rings. The van der Waals surface area contributed by atoms with E-state index >= 15 is 0 Å². The first-order chi connectivity index (χ1) is 11.6. The van der Waals surface area contributed by atoms with Crippen LogP contribution in [0, 0.1) is 6.92 Å². The number of hydrogen-bond acceptors (Lipinski definition) is 3. The Bertz CT molecular complexity index is 900. The molecule has 0 radical (unpaired) electrons. The fraction of sp³-hybridized carbons (Fsp3) is 0.316. The summed E-state index contributed by atoms with van der Waals surface area (Å²) in [6.07, 6.45) is 3.64. The van der Waals surface area contributed by atoms with Crippen LogP contribution in [0.1, 0.15) is 28.0 Å². The molecule has 0 N–H and O–H groups in total. The third-order valence-corrected chi connectivity index (χ3v) is 4.83. The maximum atomic E-state index is 12.8. The molecule has 3 heterocycles. The second kappa shape index (κ2) is 5.74. The van der Waals surface area contributed by atoms with Crippen LogP contribution in [0.15, 0.2) is 42.6 Å². The maximum Gasteiger partial charge on any atom is 0.255 e. The average Bonchev–Trinajstić information content (AvgIpc) is 2.86. The highest BCUT2D eigenvalue weighted by atomic mass is 16.2. The lowest BCUT2D eigenvalue weighted by molar-refractivity contribution is 0.0464. The zero-order valence-electron chi connectivity index (χ0n) is 13.9. The number of nitrogens with zero attached hydrogens (tertiary/aromatic N) is 4. The smallest absolute Gasteiger partial charge is 0.255 e. The summed E-state index contributed by atoms with van der Waals surface area (Å²) in [4.78, 5) is 19.2. The summed E-state index contributed by atoms with van der Waals surface area (Å²) in [6, 6.07) is 12.5. The third kappa shape index (κ3) is 2.46. The Morgan fingerprint density at radius 3 is 2.79 bits per heavy atom. The molecule has 122 valence electrons. The van der Waals surface area contributed by atoms with Gasteiger partial charge in [-0.05, 0) is 31.4 Å². The molecule has 0 saturated carbocycles. The molecule has 1 aliphatic rings. The van der Waals surface area contributed by atoms with Crippen LogP contribution in [0.3, 0.4) is 0 Å². The van der Waals surface area contributed by atoms with Gasteiger partial charge in [0.05, 0.1) is 11.3 Å². The van der Waals surface area contributed by atoms with Gasteiger partial charge >= 0.3 is 0 Å². The van der Waals surface area contributed by atoms with E-state index in [4.69, 9.17) is 0 Å². The maximum absolute atomic E-state index is 12.8. The van der Waals surface area contributed by atoms with E-state index in [0.29, 0.717) is 5.56 Å². The molecule has 0 aliphatic carbocycles. The van der Waals surface area contributed by atoms with Gasteiger partial charge in [0.25, 0.3) is 5.91 Å². The van der Waals surface area contributed by atoms with Crippen LogP contribution in [-0.4, -0.2) is 38.2 Å². The van der Waals surface area contributed by atoms with Crippen molar-refractivity contribution in [2.24, 2.45) is 7.05 Å². The number of rotatable bonds is 3. The van der Waals surface area contributed by atoms with Crippen LogP contribution in [0.2, 0.25) is 0 Å². The number of aryl methyl sites for hydroxylation is 2. The highest BCUT2D eigenvalue weighted by Crippen LogP contribution is 2.25. The van der Waals surface area contributed by atoms with Gasteiger partial charge < -0.3 is 4.90 Å². The molecule has 5 nitrogen and oxygen atoms in total. The van der Waals surface area contributed by atoms with Crippen LogP contribution in [0.4, 0.5) is 0 Å². The number of likely N-dealkylation sites (tertiary alicyclic amines) is 1. The topological polar surface area (TPSA) is 51.0 Å². The number of benzene rings is 1. The quantitative estimate of drug-likeness (QED) is 0.745. The Balaban J connectivity index is 1.56. The van der Waals surface area contributed by atoms with Gasteiger partial charge in [-0.25, -0.2) is 4.98 Å². The van der Waals surface area contributed by atoms with Crippen molar-refractivity contribution in [1.29, 1.82) is 0 Å². The van der Waals surface area contributed by atoms with E-state index in [2.05, 4.69) is 22.2 Å². The summed E-state index contributed by atoms with van der Waals surface area (Å²) in [5.74, 6) is 0.0693. The predicted octanol–water partition coefficient (Wildman–Crippen LogP) is 2.73. The second-order valence-corrected chi connectivity index (χ2v) is 6.43. The van der Waals surface area contributed by atoms with Crippen molar-refractivity contribution in [3.05, 3.63) is 59.4 Å². The number of amides is 1. The van der Waals surface area contributed by atoms with E-state index in [9.17, 15) is 4.79 Å². The lowest BCUT2D eigenvalue weighted by Gasteiger charge is -2.41. The molecule has 0 bridgehead atoms. The average molecular weight is 320 g/mol. The van der Waals surface area contributed by atoms with Crippen molar-refractivity contribution in [2.45, 2.75) is 25.8 Å². The van der Waals surface area contributed by atoms with Crippen LogP contribution in [-0.2, 0) is 13.5 Å². The largest absolute Gasteiger partial charge is 0.335 e. The minimum absolute atomic E-state index is 0.0693. The van der Waals surface area contributed by atoms with Crippen molar-refractivity contribution in [3.63, 3.8) is 0 Å². The van der Waals surface area contributed by atoms with Gasteiger partial charge in [0, 0.05) is 31.2 Å². The van der Waals surface area contributed by atoms with E-state index in [0.717, 1.165) is 36.1 Å². The van der Waals surface area contributed by atoms with Gasteiger partial charge in [0.1, 0.15) is 0 Å². The van der Waals surface area contributed by atoms with Crippen LogP contribution >= 0.6 is 0 Å². The molecule has 2 aromatic heterocycles. The zero-order valence-corrected chi connectivity index (χ0v) is 13.9. The number of hydrogen-bond donors (Lipinski definition) is 0. The monoisotopic (exact) mass is 320 g/mol.